The van der Waals surface area contributed by atoms with E-state index in [2.05, 4.69) is 21.8 Å². The van der Waals surface area contributed by atoms with E-state index in [1.807, 2.05) is 24.3 Å². The number of carbonyl (C=O) groups is 1. The number of piperidine rings is 1. The number of ether oxygens (including phenoxy) is 1. The van der Waals surface area contributed by atoms with Gasteiger partial charge >= 0.3 is 0 Å². The normalized spacial score (nSPS) is 28.1. The van der Waals surface area contributed by atoms with Crippen molar-refractivity contribution >= 4 is 5.91 Å². The number of nitrogens with zero attached hydrogens (tertiary/aromatic N) is 2. The lowest BCUT2D eigenvalue weighted by molar-refractivity contribution is -0.131. The summed E-state index contributed by atoms with van der Waals surface area (Å²) >= 11 is 0. The minimum Gasteiger partial charge on any atom is -0.377 e. The third-order valence-electron chi connectivity index (χ3n) is 4.56. The molecule has 3 heterocycles. The molecular formula is C17H23N3O2. The van der Waals surface area contributed by atoms with Crippen LogP contribution in [0.15, 0.2) is 37.1 Å². The molecule has 1 aromatic heterocycles. The standard InChI is InChI=1S/C17H23N3O2/c1-2-8-20-11-15(14-6-9-22-16(14)12-20)17(21)19-10-13-5-3-4-7-18-13/h2-5,7,14-16H,1,6,8-12H2,(H,19,21)/t14-,15+,16+/m1/s1. The predicted molar refractivity (Wildman–Crippen MR) is 84.1 cm³/mol. The van der Waals surface area contributed by atoms with Crippen LogP contribution in [0.5, 0.6) is 0 Å². The molecule has 5 heteroatoms. The van der Waals surface area contributed by atoms with Crippen LogP contribution in [-0.4, -0.2) is 48.1 Å². The maximum Gasteiger partial charge on any atom is 0.225 e. The largest absolute Gasteiger partial charge is 0.377 e. The Bertz CT molecular complexity index is 520. The first kappa shape index (κ1) is 15.2. The molecule has 1 aromatic rings. The SMILES string of the molecule is C=CCN1C[C@@H]2OCC[C@@H]2[C@@H](C(=O)NCc2ccccn2)C1. The van der Waals surface area contributed by atoms with Gasteiger partial charge in [0.1, 0.15) is 0 Å². The third kappa shape index (κ3) is 3.36. The summed E-state index contributed by atoms with van der Waals surface area (Å²) in [7, 11) is 0. The van der Waals surface area contributed by atoms with Crippen molar-refractivity contribution in [3.05, 3.63) is 42.7 Å². The fraction of sp³-hybridized carbons (Fsp3) is 0.529. The Labute approximate surface area is 131 Å². The van der Waals surface area contributed by atoms with Crippen LogP contribution >= 0.6 is 0 Å². The number of hydrogen-bond donors (Lipinski definition) is 1. The minimum atomic E-state index is -0.00934. The van der Waals surface area contributed by atoms with Gasteiger partial charge in [-0.1, -0.05) is 12.1 Å². The number of hydrogen-bond acceptors (Lipinski definition) is 4. The average molecular weight is 301 g/mol. The highest BCUT2D eigenvalue weighted by Crippen LogP contribution is 2.33. The van der Waals surface area contributed by atoms with E-state index in [9.17, 15) is 4.79 Å². The Morgan fingerprint density at radius 2 is 2.41 bits per heavy atom. The molecule has 2 aliphatic heterocycles. The number of nitrogens with one attached hydrogen (secondary N) is 1. The molecule has 0 radical (unpaired) electrons. The Balaban J connectivity index is 1.62. The monoisotopic (exact) mass is 301 g/mol. The Morgan fingerprint density at radius 3 is 3.18 bits per heavy atom. The first-order chi connectivity index (χ1) is 10.8. The van der Waals surface area contributed by atoms with Crippen molar-refractivity contribution in [1.82, 2.24) is 15.2 Å². The van der Waals surface area contributed by atoms with Crippen molar-refractivity contribution in [2.45, 2.75) is 19.1 Å². The van der Waals surface area contributed by atoms with E-state index in [0.29, 0.717) is 12.5 Å². The van der Waals surface area contributed by atoms with Crippen LogP contribution in [0.3, 0.4) is 0 Å². The van der Waals surface area contributed by atoms with Gasteiger partial charge < -0.3 is 10.1 Å². The molecule has 2 aliphatic rings. The molecule has 5 nitrogen and oxygen atoms in total. The van der Waals surface area contributed by atoms with Crippen LogP contribution in [0.2, 0.25) is 0 Å². The highest BCUT2D eigenvalue weighted by atomic mass is 16.5. The Hall–Kier alpha value is -1.72. The fourth-order valence-corrected chi connectivity index (χ4v) is 3.48. The number of aromatic nitrogens is 1. The number of rotatable bonds is 5. The first-order valence-electron chi connectivity index (χ1n) is 7.90. The average Bonchev–Trinajstić information content (AvgIpc) is 3.01. The van der Waals surface area contributed by atoms with Crippen LogP contribution in [-0.2, 0) is 16.1 Å². The maximum atomic E-state index is 12.6. The van der Waals surface area contributed by atoms with Crippen molar-refractivity contribution < 1.29 is 9.53 Å². The first-order valence-corrected chi connectivity index (χ1v) is 7.90. The summed E-state index contributed by atoms with van der Waals surface area (Å²) in [5.41, 5.74) is 0.883. The molecule has 2 saturated heterocycles. The maximum absolute atomic E-state index is 12.6. The lowest BCUT2D eigenvalue weighted by Gasteiger charge is -2.38. The second kappa shape index (κ2) is 7.03. The van der Waals surface area contributed by atoms with Gasteiger partial charge in [-0.2, -0.15) is 0 Å². The molecule has 0 aromatic carbocycles. The van der Waals surface area contributed by atoms with E-state index < -0.39 is 0 Å². The summed E-state index contributed by atoms with van der Waals surface area (Å²) in [4.78, 5) is 19.1. The van der Waals surface area contributed by atoms with Gasteiger partial charge in [0.2, 0.25) is 5.91 Å². The number of pyridine rings is 1. The van der Waals surface area contributed by atoms with E-state index in [4.69, 9.17) is 4.74 Å². The molecule has 0 spiro atoms. The molecule has 118 valence electrons. The second-order valence-electron chi connectivity index (χ2n) is 6.01. The molecule has 1 amide bonds. The minimum absolute atomic E-state index is 0.00934. The molecule has 0 bridgehead atoms. The van der Waals surface area contributed by atoms with E-state index in [0.717, 1.165) is 38.4 Å². The van der Waals surface area contributed by atoms with Crippen LogP contribution in [0.1, 0.15) is 12.1 Å². The van der Waals surface area contributed by atoms with E-state index in [1.54, 1.807) is 6.20 Å². The van der Waals surface area contributed by atoms with E-state index >= 15 is 0 Å². The van der Waals surface area contributed by atoms with Crippen molar-refractivity contribution in [2.24, 2.45) is 11.8 Å². The Kier molecular flexibility index (Phi) is 4.85. The van der Waals surface area contributed by atoms with Gasteiger partial charge in [0.15, 0.2) is 0 Å². The van der Waals surface area contributed by atoms with Gasteiger partial charge in [0, 0.05) is 38.4 Å². The van der Waals surface area contributed by atoms with Gasteiger partial charge in [0.05, 0.1) is 24.3 Å². The zero-order valence-corrected chi connectivity index (χ0v) is 12.8. The van der Waals surface area contributed by atoms with Crippen LogP contribution in [0.25, 0.3) is 0 Å². The Morgan fingerprint density at radius 1 is 1.50 bits per heavy atom. The van der Waals surface area contributed by atoms with Crippen molar-refractivity contribution in [3.8, 4) is 0 Å². The molecule has 0 aliphatic carbocycles. The summed E-state index contributed by atoms with van der Waals surface area (Å²) in [6, 6.07) is 5.73. The number of carbonyl (C=O) groups excluding carboxylic acids is 1. The van der Waals surface area contributed by atoms with Gasteiger partial charge in [-0.15, -0.1) is 6.58 Å². The summed E-state index contributed by atoms with van der Waals surface area (Å²) < 4.78 is 5.81. The molecule has 1 N–H and O–H groups in total. The lowest BCUT2D eigenvalue weighted by Crippen LogP contribution is -2.52. The second-order valence-corrected chi connectivity index (χ2v) is 6.01. The fourth-order valence-electron chi connectivity index (χ4n) is 3.48. The molecule has 3 rings (SSSR count). The molecule has 0 unspecified atom stereocenters. The molecule has 2 fully saturated rings. The zero-order chi connectivity index (χ0) is 15.4. The highest BCUT2D eigenvalue weighted by Gasteiger charge is 2.43. The highest BCUT2D eigenvalue weighted by molar-refractivity contribution is 5.79. The zero-order valence-electron chi connectivity index (χ0n) is 12.8. The summed E-state index contributed by atoms with van der Waals surface area (Å²) in [5.74, 6) is 0.439. The van der Waals surface area contributed by atoms with Gasteiger partial charge in [-0.3, -0.25) is 14.7 Å². The third-order valence-corrected chi connectivity index (χ3v) is 4.56. The van der Waals surface area contributed by atoms with Crippen LogP contribution in [0.4, 0.5) is 0 Å². The molecule has 22 heavy (non-hydrogen) atoms. The number of amides is 1. The van der Waals surface area contributed by atoms with Crippen LogP contribution < -0.4 is 5.32 Å². The molecule has 3 atom stereocenters. The summed E-state index contributed by atoms with van der Waals surface area (Å²) in [6.45, 7) is 7.53. The predicted octanol–water partition coefficient (Wildman–Crippen LogP) is 1.22. The van der Waals surface area contributed by atoms with Crippen molar-refractivity contribution in [1.29, 1.82) is 0 Å². The van der Waals surface area contributed by atoms with Crippen molar-refractivity contribution in [3.63, 3.8) is 0 Å². The number of likely N-dealkylation sites (tertiary alicyclic amines) is 1. The van der Waals surface area contributed by atoms with Gasteiger partial charge in [0.25, 0.3) is 0 Å². The molecular weight excluding hydrogens is 278 g/mol. The van der Waals surface area contributed by atoms with E-state index in [1.165, 1.54) is 0 Å². The molecule has 0 saturated carbocycles. The number of fused-ring (bicyclic) bond motifs is 1. The van der Waals surface area contributed by atoms with Crippen LogP contribution in [0, 0.1) is 11.8 Å². The van der Waals surface area contributed by atoms with Gasteiger partial charge in [-0.25, -0.2) is 0 Å². The smallest absolute Gasteiger partial charge is 0.225 e. The van der Waals surface area contributed by atoms with Gasteiger partial charge in [-0.05, 0) is 18.6 Å². The summed E-state index contributed by atoms with van der Waals surface area (Å²) in [5, 5.41) is 3.03. The van der Waals surface area contributed by atoms with Crippen molar-refractivity contribution in [2.75, 3.05) is 26.2 Å². The quantitative estimate of drug-likeness (QED) is 0.831. The summed E-state index contributed by atoms with van der Waals surface area (Å²) in [6.07, 6.45) is 4.79. The lowest BCUT2D eigenvalue weighted by atomic mass is 9.82. The topological polar surface area (TPSA) is 54.5 Å². The van der Waals surface area contributed by atoms with E-state index in [-0.39, 0.29) is 17.9 Å².